The van der Waals surface area contributed by atoms with Gasteiger partial charge in [-0.2, -0.15) is 5.10 Å². The highest BCUT2D eigenvalue weighted by molar-refractivity contribution is 8.00. The first-order chi connectivity index (χ1) is 7.11. The number of anilines is 1. The summed E-state index contributed by atoms with van der Waals surface area (Å²) in [7, 11) is 1.93. The van der Waals surface area contributed by atoms with Gasteiger partial charge in [0, 0.05) is 18.7 Å². The van der Waals surface area contributed by atoms with Crippen molar-refractivity contribution < 1.29 is 4.79 Å². The van der Waals surface area contributed by atoms with Crippen LogP contribution in [0.1, 0.15) is 26.0 Å². The summed E-state index contributed by atoms with van der Waals surface area (Å²) in [4.78, 5) is 11.6. The Morgan fingerprint density at radius 2 is 2.40 bits per heavy atom. The van der Waals surface area contributed by atoms with E-state index in [0.29, 0.717) is 11.7 Å². The lowest BCUT2D eigenvalue weighted by Crippen LogP contribution is -2.14. The van der Waals surface area contributed by atoms with Crippen molar-refractivity contribution in [3.8, 4) is 0 Å². The van der Waals surface area contributed by atoms with Crippen LogP contribution in [0.25, 0.3) is 0 Å². The largest absolute Gasteiger partial charge is 0.322 e. The van der Waals surface area contributed by atoms with Crippen LogP contribution in [-0.4, -0.2) is 20.9 Å². The maximum Gasteiger partial charge on any atom is 0.225 e. The molecule has 1 aromatic rings. The van der Waals surface area contributed by atoms with Gasteiger partial charge in [0.2, 0.25) is 5.91 Å². The number of hydrogen-bond donors (Lipinski definition) is 1. The second-order valence-electron chi connectivity index (χ2n) is 3.78. The first-order valence-electron chi connectivity index (χ1n) is 5.14. The summed E-state index contributed by atoms with van der Waals surface area (Å²) < 4.78 is 1.86. The summed E-state index contributed by atoms with van der Waals surface area (Å²) in [6, 6.07) is 0. The van der Waals surface area contributed by atoms with E-state index in [4.69, 9.17) is 0 Å². The highest BCUT2D eigenvalue weighted by Crippen LogP contribution is 2.36. The summed E-state index contributed by atoms with van der Waals surface area (Å²) in [5.41, 5.74) is 1.89. The van der Waals surface area contributed by atoms with Gasteiger partial charge in [-0.25, -0.2) is 0 Å². The number of aromatic nitrogens is 2. The number of thioether (sulfide) groups is 1. The Kier molecular flexibility index (Phi) is 2.73. The number of amides is 1. The molecule has 1 aliphatic rings. The Morgan fingerprint density at radius 3 is 3.07 bits per heavy atom. The van der Waals surface area contributed by atoms with Crippen molar-refractivity contribution in [2.45, 2.75) is 37.0 Å². The van der Waals surface area contributed by atoms with Gasteiger partial charge < -0.3 is 5.32 Å². The first kappa shape index (κ1) is 10.5. The Morgan fingerprint density at radius 1 is 1.67 bits per heavy atom. The summed E-state index contributed by atoms with van der Waals surface area (Å²) in [5, 5.41) is 8.74. The van der Waals surface area contributed by atoms with Gasteiger partial charge in [0.25, 0.3) is 0 Å². The summed E-state index contributed by atoms with van der Waals surface area (Å²) >= 11 is 1.72. The molecule has 2 rings (SSSR count). The molecular formula is C10H15N3OS. The Hall–Kier alpha value is -0.970. The van der Waals surface area contributed by atoms with E-state index >= 15 is 0 Å². The van der Waals surface area contributed by atoms with Crippen LogP contribution in [0.5, 0.6) is 0 Å². The van der Waals surface area contributed by atoms with E-state index in [1.54, 1.807) is 11.8 Å². The first-order valence-corrected chi connectivity index (χ1v) is 6.02. The standard InChI is InChI=1S/C10H15N3OS/c1-4-7-9-10(13(3)12-7)15-6(2)5-8(14)11-9/h6H,4-5H2,1-3H3,(H,11,14). The van der Waals surface area contributed by atoms with Crippen LogP contribution in [0, 0.1) is 0 Å². The molecule has 0 saturated carbocycles. The molecule has 0 radical (unpaired) electrons. The van der Waals surface area contributed by atoms with Crippen molar-refractivity contribution >= 4 is 23.4 Å². The fraction of sp³-hybridized carbons (Fsp3) is 0.600. The molecule has 0 aromatic carbocycles. The molecular weight excluding hydrogens is 210 g/mol. The van der Waals surface area contributed by atoms with E-state index in [0.717, 1.165) is 22.8 Å². The smallest absolute Gasteiger partial charge is 0.225 e. The van der Waals surface area contributed by atoms with Gasteiger partial charge in [-0.05, 0) is 6.42 Å². The molecule has 0 aliphatic carbocycles. The Balaban J connectivity index is 2.47. The monoisotopic (exact) mass is 225 g/mol. The molecule has 0 bridgehead atoms. The van der Waals surface area contributed by atoms with Crippen LogP contribution in [0.4, 0.5) is 5.69 Å². The summed E-state index contributed by atoms with van der Waals surface area (Å²) in [6.45, 7) is 4.12. The van der Waals surface area contributed by atoms with Gasteiger partial charge in [0.1, 0.15) is 5.03 Å². The number of nitrogens with zero attached hydrogens (tertiary/aromatic N) is 2. The van der Waals surface area contributed by atoms with Crippen LogP contribution in [0.3, 0.4) is 0 Å². The number of hydrogen-bond acceptors (Lipinski definition) is 3. The van der Waals surface area contributed by atoms with Gasteiger partial charge in [0.15, 0.2) is 0 Å². The topological polar surface area (TPSA) is 46.9 Å². The fourth-order valence-corrected chi connectivity index (χ4v) is 2.85. The Bertz CT molecular complexity index is 400. The minimum absolute atomic E-state index is 0.0939. The minimum atomic E-state index is 0.0939. The number of carbonyl (C=O) groups is 1. The lowest BCUT2D eigenvalue weighted by atomic mass is 10.2. The number of aryl methyl sites for hydroxylation is 2. The van der Waals surface area contributed by atoms with E-state index in [9.17, 15) is 4.79 Å². The number of rotatable bonds is 1. The van der Waals surface area contributed by atoms with Gasteiger partial charge in [-0.3, -0.25) is 9.48 Å². The van der Waals surface area contributed by atoms with Crippen molar-refractivity contribution in [3.05, 3.63) is 5.69 Å². The van der Waals surface area contributed by atoms with E-state index in [-0.39, 0.29) is 5.91 Å². The third-order valence-electron chi connectivity index (χ3n) is 2.45. The molecule has 0 saturated heterocycles. The van der Waals surface area contributed by atoms with Crippen molar-refractivity contribution in [1.29, 1.82) is 0 Å². The molecule has 15 heavy (non-hydrogen) atoms. The minimum Gasteiger partial charge on any atom is -0.322 e. The van der Waals surface area contributed by atoms with Crippen LogP contribution in [-0.2, 0) is 18.3 Å². The second-order valence-corrected chi connectivity index (χ2v) is 5.21. The van der Waals surface area contributed by atoms with Gasteiger partial charge >= 0.3 is 0 Å². The molecule has 1 atom stereocenters. The molecule has 1 amide bonds. The lowest BCUT2D eigenvalue weighted by molar-refractivity contribution is -0.116. The zero-order valence-electron chi connectivity index (χ0n) is 9.20. The van der Waals surface area contributed by atoms with Crippen LogP contribution in [0.15, 0.2) is 5.03 Å². The van der Waals surface area contributed by atoms with Crippen LogP contribution < -0.4 is 5.32 Å². The van der Waals surface area contributed by atoms with E-state index < -0.39 is 0 Å². The second kappa shape index (κ2) is 3.89. The molecule has 0 fully saturated rings. The summed E-state index contributed by atoms with van der Waals surface area (Å²) in [5.74, 6) is 0.0939. The fourth-order valence-electron chi connectivity index (χ4n) is 1.75. The van der Waals surface area contributed by atoms with E-state index in [2.05, 4.69) is 17.3 Å². The maximum absolute atomic E-state index is 11.6. The van der Waals surface area contributed by atoms with Crippen molar-refractivity contribution in [3.63, 3.8) is 0 Å². The zero-order valence-corrected chi connectivity index (χ0v) is 10.0. The van der Waals surface area contributed by atoms with Gasteiger partial charge in [-0.1, -0.05) is 13.8 Å². The van der Waals surface area contributed by atoms with Crippen molar-refractivity contribution in [2.24, 2.45) is 7.05 Å². The molecule has 1 N–H and O–H groups in total. The normalized spacial score (nSPS) is 20.7. The SMILES string of the molecule is CCc1nn(C)c2c1NC(=O)CC(C)S2. The highest BCUT2D eigenvalue weighted by atomic mass is 32.2. The third-order valence-corrected chi connectivity index (χ3v) is 3.71. The number of fused-ring (bicyclic) bond motifs is 1. The van der Waals surface area contributed by atoms with Crippen LogP contribution in [0.2, 0.25) is 0 Å². The maximum atomic E-state index is 11.6. The van der Waals surface area contributed by atoms with Crippen molar-refractivity contribution in [1.82, 2.24) is 9.78 Å². The average molecular weight is 225 g/mol. The Labute approximate surface area is 93.4 Å². The molecule has 1 aliphatic heterocycles. The molecule has 1 unspecified atom stereocenters. The predicted molar refractivity (Wildman–Crippen MR) is 61.2 cm³/mol. The summed E-state index contributed by atoms with van der Waals surface area (Å²) in [6.07, 6.45) is 1.42. The quantitative estimate of drug-likeness (QED) is 0.793. The number of nitrogens with one attached hydrogen (secondary N) is 1. The van der Waals surface area contributed by atoms with Gasteiger partial charge in [-0.15, -0.1) is 11.8 Å². The lowest BCUT2D eigenvalue weighted by Gasteiger charge is -2.05. The number of carbonyl (C=O) groups excluding carboxylic acids is 1. The zero-order chi connectivity index (χ0) is 11.0. The van der Waals surface area contributed by atoms with Crippen LogP contribution >= 0.6 is 11.8 Å². The molecule has 2 heterocycles. The van der Waals surface area contributed by atoms with Gasteiger partial charge in [0.05, 0.1) is 11.4 Å². The third kappa shape index (κ3) is 1.88. The molecule has 1 aromatic heterocycles. The van der Waals surface area contributed by atoms with E-state index in [1.807, 2.05) is 18.7 Å². The average Bonchev–Trinajstić information content (AvgIpc) is 2.37. The predicted octanol–water partition coefficient (Wildman–Crippen LogP) is 1.81. The van der Waals surface area contributed by atoms with E-state index in [1.165, 1.54) is 0 Å². The molecule has 82 valence electrons. The van der Waals surface area contributed by atoms with Crippen molar-refractivity contribution in [2.75, 3.05) is 5.32 Å². The highest BCUT2D eigenvalue weighted by Gasteiger charge is 2.24. The molecule has 0 spiro atoms. The molecule has 4 nitrogen and oxygen atoms in total. The molecule has 5 heteroatoms.